The lowest BCUT2D eigenvalue weighted by molar-refractivity contribution is 1.02. The van der Waals surface area contributed by atoms with Crippen LogP contribution < -0.4 is 10.5 Å². The van der Waals surface area contributed by atoms with Crippen LogP contribution in [0.25, 0.3) is 0 Å². The summed E-state index contributed by atoms with van der Waals surface area (Å²) < 4.78 is 0. The molecule has 1 heterocycles. The zero-order valence-electron chi connectivity index (χ0n) is 6.56. The van der Waals surface area contributed by atoms with Gasteiger partial charge in [0.2, 0.25) is 5.28 Å². The predicted molar refractivity (Wildman–Crippen MR) is 49.2 cm³/mol. The van der Waals surface area contributed by atoms with Crippen molar-refractivity contribution in [1.29, 1.82) is 0 Å². The molecule has 0 spiro atoms. The minimum Gasteiger partial charge on any atom is -0.361 e. The molecule has 0 aliphatic heterocycles. The molecule has 1 aromatic heterocycles. The first-order valence-electron chi connectivity index (χ1n) is 3.15. The van der Waals surface area contributed by atoms with E-state index in [0.29, 0.717) is 5.82 Å². The van der Waals surface area contributed by atoms with E-state index in [9.17, 15) is 4.79 Å². The second-order valence-electron chi connectivity index (χ2n) is 2.39. The number of halogens is 2. The molecule has 0 amide bonds. The van der Waals surface area contributed by atoms with Gasteiger partial charge in [0, 0.05) is 14.1 Å². The van der Waals surface area contributed by atoms with Crippen LogP contribution in [0.4, 0.5) is 5.82 Å². The highest BCUT2D eigenvalue weighted by molar-refractivity contribution is 6.33. The fraction of sp³-hybridized carbons (Fsp3) is 0.333. The largest absolute Gasteiger partial charge is 0.361 e. The Bertz CT molecular complexity index is 347. The fourth-order valence-corrected chi connectivity index (χ4v) is 1.14. The summed E-state index contributed by atoms with van der Waals surface area (Å²) in [5, 5.41) is 0.0810. The molecule has 6 heteroatoms. The Labute approximate surface area is 79.1 Å². The zero-order valence-corrected chi connectivity index (χ0v) is 8.07. The maximum absolute atomic E-state index is 11.0. The molecular formula is C6H7Cl2N3O. The van der Waals surface area contributed by atoms with Crippen molar-refractivity contribution < 1.29 is 0 Å². The summed E-state index contributed by atoms with van der Waals surface area (Å²) in [5.74, 6) is 0.366. The summed E-state index contributed by atoms with van der Waals surface area (Å²) in [6.45, 7) is 0. The van der Waals surface area contributed by atoms with Gasteiger partial charge in [-0.3, -0.25) is 9.78 Å². The van der Waals surface area contributed by atoms with E-state index in [1.807, 2.05) is 0 Å². The molecule has 0 aromatic carbocycles. The maximum atomic E-state index is 11.0. The van der Waals surface area contributed by atoms with Crippen molar-refractivity contribution >= 4 is 29.0 Å². The van der Waals surface area contributed by atoms with Crippen LogP contribution >= 0.6 is 23.2 Å². The van der Waals surface area contributed by atoms with Crippen LogP contribution in [0.3, 0.4) is 0 Å². The predicted octanol–water partition coefficient (Wildman–Crippen LogP) is 1.14. The van der Waals surface area contributed by atoms with Gasteiger partial charge in [-0.25, -0.2) is 4.98 Å². The van der Waals surface area contributed by atoms with Gasteiger partial charge in [0.05, 0.1) is 0 Å². The number of aromatic nitrogens is 2. The highest BCUT2D eigenvalue weighted by Crippen LogP contribution is 2.17. The van der Waals surface area contributed by atoms with E-state index in [2.05, 4.69) is 9.97 Å². The Morgan fingerprint density at radius 3 is 2.50 bits per heavy atom. The first-order valence-corrected chi connectivity index (χ1v) is 3.90. The summed E-state index contributed by atoms with van der Waals surface area (Å²) >= 11 is 11.2. The third kappa shape index (κ3) is 1.70. The van der Waals surface area contributed by atoms with Crippen LogP contribution in [0.2, 0.25) is 10.3 Å². The van der Waals surface area contributed by atoms with Gasteiger partial charge in [-0.1, -0.05) is 11.6 Å². The standard InChI is InChI=1S/C6H7Cl2N3O/c1-11(2)4-3(7)5(12)10-6(8)9-4/h1-2H3,(H,9,10,12). The number of H-pyrrole nitrogens is 1. The van der Waals surface area contributed by atoms with Crippen LogP contribution in [-0.2, 0) is 0 Å². The summed E-state index contributed by atoms with van der Waals surface area (Å²) in [5.41, 5.74) is -0.430. The Hall–Kier alpha value is -0.740. The molecule has 12 heavy (non-hydrogen) atoms. The Balaban J connectivity index is 3.38. The lowest BCUT2D eigenvalue weighted by Gasteiger charge is -2.11. The van der Waals surface area contributed by atoms with E-state index >= 15 is 0 Å². The molecule has 0 bridgehead atoms. The van der Waals surface area contributed by atoms with Crippen molar-refractivity contribution in [2.75, 3.05) is 19.0 Å². The zero-order chi connectivity index (χ0) is 9.30. The number of anilines is 1. The molecule has 1 N–H and O–H groups in total. The quantitative estimate of drug-likeness (QED) is 0.704. The van der Waals surface area contributed by atoms with E-state index < -0.39 is 5.56 Å². The van der Waals surface area contributed by atoms with Gasteiger partial charge in [0.1, 0.15) is 5.02 Å². The van der Waals surface area contributed by atoms with E-state index in [-0.39, 0.29) is 10.3 Å². The maximum Gasteiger partial charge on any atom is 0.272 e. The number of rotatable bonds is 1. The van der Waals surface area contributed by atoms with Crippen molar-refractivity contribution in [3.05, 3.63) is 20.7 Å². The molecule has 1 aromatic rings. The molecule has 66 valence electrons. The number of hydrogen-bond donors (Lipinski definition) is 1. The molecule has 0 aliphatic rings. The first-order chi connectivity index (χ1) is 5.52. The van der Waals surface area contributed by atoms with Crippen molar-refractivity contribution in [2.24, 2.45) is 0 Å². The smallest absolute Gasteiger partial charge is 0.272 e. The number of nitrogens with zero attached hydrogens (tertiary/aromatic N) is 2. The molecule has 0 saturated carbocycles. The third-order valence-corrected chi connectivity index (χ3v) is 1.76. The molecule has 0 aliphatic carbocycles. The monoisotopic (exact) mass is 207 g/mol. The van der Waals surface area contributed by atoms with Gasteiger partial charge in [0.15, 0.2) is 5.82 Å². The van der Waals surface area contributed by atoms with Crippen LogP contribution in [0, 0.1) is 0 Å². The molecule has 0 atom stereocenters. The van der Waals surface area contributed by atoms with Crippen molar-refractivity contribution in [2.45, 2.75) is 0 Å². The summed E-state index contributed by atoms with van der Waals surface area (Å²) in [6.07, 6.45) is 0. The fourth-order valence-electron chi connectivity index (χ4n) is 0.716. The minimum absolute atomic E-state index is 0.0353. The Morgan fingerprint density at radius 1 is 1.42 bits per heavy atom. The first kappa shape index (κ1) is 9.35. The Kier molecular flexibility index (Phi) is 2.59. The normalized spacial score (nSPS) is 10.0. The number of hydrogen-bond acceptors (Lipinski definition) is 3. The van der Waals surface area contributed by atoms with E-state index in [1.54, 1.807) is 19.0 Å². The van der Waals surface area contributed by atoms with Gasteiger partial charge in [-0.2, -0.15) is 0 Å². The molecule has 1 rings (SSSR count). The van der Waals surface area contributed by atoms with E-state index in [1.165, 1.54) is 0 Å². The summed E-state index contributed by atoms with van der Waals surface area (Å²) in [4.78, 5) is 18.8. The van der Waals surface area contributed by atoms with Crippen LogP contribution in [0.15, 0.2) is 4.79 Å². The average molecular weight is 208 g/mol. The molecule has 0 saturated heterocycles. The Morgan fingerprint density at radius 2 is 2.00 bits per heavy atom. The van der Waals surface area contributed by atoms with Gasteiger partial charge in [-0.05, 0) is 11.6 Å². The molecule has 4 nitrogen and oxygen atoms in total. The second kappa shape index (κ2) is 3.33. The molecule has 0 unspecified atom stereocenters. The molecular weight excluding hydrogens is 201 g/mol. The summed E-state index contributed by atoms with van der Waals surface area (Å²) in [6, 6.07) is 0. The van der Waals surface area contributed by atoms with Crippen molar-refractivity contribution in [3.63, 3.8) is 0 Å². The van der Waals surface area contributed by atoms with Gasteiger partial charge in [0.25, 0.3) is 5.56 Å². The van der Waals surface area contributed by atoms with Gasteiger partial charge >= 0.3 is 0 Å². The van der Waals surface area contributed by atoms with E-state index in [0.717, 1.165) is 0 Å². The van der Waals surface area contributed by atoms with Gasteiger partial charge in [-0.15, -0.1) is 0 Å². The van der Waals surface area contributed by atoms with E-state index in [4.69, 9.17) is 23.2 Å². The van der Waals surface area contributed by atoms with Crippen LogP contribution in [-0.4, -0.2) is 24.1 Å². The van der Waals surface area contributed by atoms with Gasteiger partial charge < -0.3 is 4.90 Å². The topological polar surface area (TPSA) is 49.0 Å². The third-order valence-electron chi connectivity index (χ3n) is 1.24. The highest BCUT2D eigenvalue weighted by atomic mass is 35.5. The number of nitrogens with one attached hydrogen (secondary N) is 1. The van der Waals surface area contributed by atoms with Crippen LogP contribution in [0.5, 0.6) is 0 Å². The molecule has 0 radical (unpaired) electrons. The summed E-state index contributed by atoms with van der Waals surface area (Å²) in [7, 11) is 3.45. The minimum atomic E-state index is -0.430. The second-order valence-corrected chi connectivity index (χ2v) is 3.12. The SMILES string of the molecule is CN(C)c1nc(Cl)[nH]c(=O)c1Cl. The number of aromatic amines is 1. The van der Waals surface area contributed by atoms with Crippen molar-refractivity contribution in [1.82, 2.24) is 9.97 Å². The van der Waals surface area contributed by atoms with Crippen molar-refractivity contribution in [3.8, 4) is 0 Å². The average Bonchev–Trinajstić information content (AvgIpc) is 1.96. The highest BCUT2D eigenvalue weighted by Gasteiger charge is 2.09. The lowest BCUT2D eigenvalue weighted by Crippen LogP contribution is -2.18. The molecule has 0 fully saturated rings. The lowest BCUT2D eigenvalue weighted by atomic mass is 10.5. The van der Waals surface area contributed by atoms with Crippen LogP contribution in [0.1, 0.15) is 0 Å².